The molecule has 1 aromatic rings. The van der Waals surface area contributed by atoms with E-state index in [0.29, 0.717) is 27.3 Å². The molecule has 2 aliphatic rings. The summed E-state index contributed by atoms with van der Waals surface area (Å²) < 4.78 is 24.0. The Kier molecular flexibility index (Phi) is 5.40. The third kappa shape index (κ3) is 4.15. The topological polar surface area (TPSA) is 66.8 Å². The van der Waals surface area contributed by atoms with Crippen molar-refractivity contribution in [3.05, 3.63) is 28.2 Å². The Labute approximate surface area is 161 Å². The minimum Gasteiger partial charge on any atom is -0.316 e. The summed E-state index contributed by atoms with van der Waals surface area (Å²) in [5, 5.41) is 1.20. The maximum absolute atomic E-state index is 12.2. The van der Waals surface area contributed by atoms with Gasteiger partial charge in [0, 0.05) is 17.4 Å². The van der Waals surface area contributed by atoms with Crippen molar-refractivity contribution >= 4 is 61.6 Å². The van der Waals surface area contributed by atoms with Gasteiger partial charge in [-0.2, -0.15) is 4.99 Å². The predicted molar refractivity (Wildman–Crippen MR) is 105 cm³/mol. The molecular formula is C16H18Cl2N2O3S2. The van der Waals surface area contributed by atoms with Crippen molar-refractivity contribution in [2.75, 3.05) is 16.4 Å². The second-order valence-corrected chi connectivity index (χ2v) is 10.8. The first kappa shape index (κ1) is 19.0. The number of benzene rings is 1. The minimum atomic E-state index is -3.10. The number of fused-ring (bicyclic) bond motifs is 1. The monoisotopic (exact) mass is 420 g/mol. The summed E-state index contributed by atoms with van der Waals surface area (Å²) in [4.78, 5) is 18.2. The van der Waals surface area contributed by atoms with Gasteiger partial charge in [0.25, 0.3) is 0 Å². The molecule has 2 atom stereocenters. The van der Waals surface area contributed by atoms with Gasteiger partial charge in [-0.05, 0) is 24.1 Å². The molecule has 0 N–H and O–H groups in total. The Bertz CT molecular complexity index is 840. The molecule has 1 aromatic carbocycles. The Balaban J connectivity index is 1.99. The molecule has 0 saturated carbocycles. The highest BCUT2D eigenvalue weighted by Crippen LogP contribution is 2.42. The number of amidine groups is 1. The molecule has 0 radical (unpaired) electrons. The number of nitrogens with zero attached hydrogens (tertiary/aromatic N) is 2. The molecule has 0 aliphatic carbocycles. The largest absolute Gasteiger partial charge is 0.316 e. The van der Waals surface area contributed by atoms with Crippen LogP contribution in [0.3, 0.4) is 0 Å². The van der Waals surface area contributed by atoms with E-state index in [1.807, 2.05) is 18.7 Å². The number of aliphatic imine (C=N–C) groups is 1. The van der Waals surface area contributed by atoms with Gasteiger partial charge < -0.3 is 4.90 Å². The molecule has 5 nitrogen and oxygen atoms in total. The molecular weight excluding hydrogens is 403 g/mol. The van der Waals surface area contributed by atoms with Crippen LogP contribution < -0.4 is 4.90 Å². The van der Waals surface area contributed by atoms with Crippen molar-refractivity contribution in [2.45, 2.75) is 31.6 Å². The third-order valence-electron chi connectivity index (χ3n) is 4.05. The fourth-order valence-corrected chi connectivity index (χ4v) is 7.23. The fourth-order valence-electron chi connectivity index (χ4n) is 3.00. The Morgan fingerprint density at radius 1 is 1.32 bits per heavy atom. The van der Waals surface area contributed by atoms with E-state index in [1.165, 1.54) is 11.8 Å². The highest BCUT2D eigenvalue weighted by molar-refractivity contribution is 8.16. The maximum Gasteiger partial charge on any atom is 0.248 e. The van der Waals surface area contributed by atoms with Gasteiger partial charge in [0.05, 0.1) is 27.6 Å². The first-order valence-corrected chi connectivity index (χ1v) is 11.3. The summed E-state index contributed by atoms with van der Waals surface area (Å²) in [5.41, 5.74) is 0.697. The lowest BCUT2D eigenvalue weighted by Crippen LogP contribution is -2.37. The van der Waals surface area contributed by atoms with E-state index in [1.54, 1.807) is 18.2 Å². The summed E-state index contributed by atoms with van der Waals surface area (Å²) in [5.74, 6) is 0.145. The lowest BCUT2D eigenvalue weighted by Gasteiger charge is -2.24. The average Bonchev–Trinajstić information content (AvgIpc) is 2.92. The summed E-state index contributed by atoms with van der Waals surface area (Å²) in [7, 11) is -3.10. The van der Waals surface area contributed by atoms with Crippen molar-refractivity contribution in [1.82, 2.24) is 0 Å². The van der Waals surface area contributed by atoms with Gasteiger partial charge in [-0.25, -0.2) is 8.42 Å². The van der Waals surface area contributed by atoms with E-state index >= 15 is 0 Å². The van der Waals surface area contributed by atoms with E-state index in [4.69, 9.17) is 23.2 Å². The summed E-state index contributed by atoms with van der Waals surface area (Å²) in [6.07, 6.45) is 0.354. The quantitative estimate of drug-likeness (QED) is 0.746. The summed E-state index contributed by atoms with van der Waals surface area (Å²) >= 11 is 13.5. The van der Waals surface area contributed by atoms with Crippen LogP contribution in [0.1, 0.15) is 20.3 Å². The summed E-state index contributed by atoms with van der Waals surface area (Å²) in [6, 6.07) is 4.86. The van der Waals surface area contributed by atoms with Gasteiger partial charge in [0.2, 0.25) is 5.91 Å². The molecule has 1 amide bonds. The van der Waals surface area contributed by atoms with E-state index in [-0.39, 0.29) is 34.6 Å². The van der Waals surface area contributed by atoms with E-state index in [2.05, 4.69) is 4.99 Å². The van der Waals surface area contributed by atoms with Gasteiger partial charge in [-0.3, -0.25) is 4.79 Å². The number of hydrogen-bond acceptors (Lipinski definition) is 4. The zero-order valence-corrected chi connectivity index (χ0v) is 16.9. The van der Waals surface area contributed by atoms with Gasteiger partial charge in [0.1, 0.15) is 0 Å². The van der Waals surface area contributed by atoms with Crippen molar-refractivity contribution in [3.63, 3.8) is 0 Å². The van der Waals surface area contributed by atoms with Crippen LogP contribution in [0, 0.1) is 5.92 Å². The van der Waals surface area contributed by atoms with Crippen molar-refractivity contribution in [1.29, 1.82) is 0 Å². The van der Waals surface area contributed by atoms with Crippen LogP contribution in [0.5, 0.6) is 0 Å². The molecule has 2 heterocycles. The molecule has 0 aromatic heterocycles. The molecule has 25 heavy (non-hydrogen) atoms. The lowest BCUT2D eigenvalue weighted by atomic mass is 10.1. The normalized spacial score (nSPS) is 26.4. The SMILES string of the molecule is CC(C)CC(=O)N=C1S[C@H]2CS(=O)(=O)C[C@H]2N1c1ccc(Cl)c(Cl)c1. The Morgan fingerprint density at radius 2 is 2.04 bits per heavy atom. The molecule has 2 aliphatic heterocycles. The number of rotatable bonds is 3. The number of halogens is 2. The van der Waals surface area contributed by atoms with Crippen LogP contribution in [0.2, 0.25) is 10.0 Å². The number of sulfone groups is 1. The van der Waals surface area contributed by atoms with E-state index < -0.39 is 9.84 Å². The second kappa shape index (κ2) is 7.10. The standard InChI is InChI=1S/C16H18Cl2N2O3S2/c1-9(2)5-15(21)19-16-20(10-3-4-11(17)12(18)6-10)13-7-25(22,23)8-14(13)24-16/h3-4,6,9,13-14H,5,7-8H2,1-2H3/t13-,14+/m1/s1. The van der Waals surface area contributed by atoms with Crippen LogP contribution in [0.25, 0.3) is 0 Å². The molecule has 0 spiro atoms. The van der Waals surface area contributed by atoms with Crippen LogP contribution in [-0.2, 0) is 14.6 Å². The van der Waals surface area contributed by atoms with Gasteiger partial charge in [-0.15, -0.1) is 0 Å². The number of carbonyl (C=O) groups excluding carboxylic acids is 1. The number of carbonyl (C=O) groups is 1. The van der Waals surface area contributed by atoms with Crippen molar-refractivity contribution in [2.24, 2.45) is 10.9 Å². The molecule has 2 fully saturated rings. The van der Waals surface area contributed by atoms with E-state index in [9.17, 15) is 13.2 Å². The molecule has 2 saturated heterocycles. The number of anilines is 1. The minimum absolute atomic E-state index is 0.0440. The van der Waals surface area contributed by atoms with Gasteiger partial charge in [0.15, 0.2) is 15.0 Å². The molecule has 9 heteroatoms. The average molecular weight is 421 g/mol. The van der Waals surface area contributed by atoms with Crippen LogP contribution in [-0.4, -0.2) is 42.3 Å². The Morgan fingerprint density at radius 3 is 2.68 bits per heavy atom. The van der Waals surface area contributed by atoms with Crippen LogP contribution in [0.15, 0.2) is 23.2 Å². The van der Waals surface area contributed by atoms with Crippen LogP contribution >= 0.6 is 35.0 Å². The zero-order valence-electron chi connectivity index (χ0n) is 13.8. The highest BCUT2D eigenvalue weighted by Gasteiger charge is 2.49. The highest BCUT2D eigenvalue weighted by atomic mass is 35.5. The van der Waals surface area contributed by atoms with Crippen LogP contribution in [0.4, 0.5) is 5.69 Å². The lowest BCUT2D eigenvalue weighted by molar-refractivity contribution is -0.118. The molecule has 3 rings (SSSR count). The van der Waals surface area contributed by atoms with Crippen molar-refractivity contribution in [3.8, 4) is 0 Å². The predicted octanol–water partition coefficient (Wildman–Crippen LogP) is 3.64. The molecule has 136 valence electrons. The zero-order chi connectivity index (χ0) is 18.4. The first-order valence-electron chi connectivity index (χ1n) is 7.89. The summed E-state index contributed by atoms with van der Waals surface area (Å²) in [6.45, 7) is 3.91. The second-order valence-electron chi connectivity index (χ2n) is 6.66. The number of hydrogen-bond donors (Lipinski definition) is 0. The first-order chi connectivity index (χ1) is 11.7. The van der Waals surface area contributed by atoms with E-state index in [0.717, 1.165) is 0 Å². The molecule has 0 bridgehead atoms. The third-order valence-corrected chi connectivity index (χ3v) is 8.00. The number of thioether (sulfide) groups is 1. The molecule has 0 unspecified atom stereocenters. The number of amides is 1. The maximum atomic E-state index is 12.2. The smallest absolute Gasteiger partial charge is 0.248 e. The van der Waals surface area contributed by atoms with Gasteiger partial charge >= 0.3 is 0 Å². The Hall–Kier alpha value is -0.760. The van der Waals surface area contributed by atoms with Gasteiger partial charge in [-0.1, -0.05) is 48.8 Å². The fraction of sp³-hybridized carbons (Fsp3) is 0.500. The van der Waals surface area contributed by atoms with Crippen molar-refractivity contribution < 1.29 is 13.2 Å².